The number of thiazole rings is 1. The van der Waals surface area contributed by atoms with E-state index in [-0.39, 0.29) is 61.0 Å². The number of hydrogen-bond acceptors (Lipinski definition) is 8. The van der Waals surface area contributed by atoms with Crippen molar-refractivity contribution in [3.8, 4) is 0 Å². The van der Waals surface area contributed by atoms with Gasteiger partial charge in [0, 0.05) is 19.5 Å². The summed E-state index contributed by atoms with van der Waals surface area (Å²) >= 11 is 1.36. The highest BCUT2D eigenvalue weighted by Crippen LogP contribution is 2.26. The quantitative estimate of drug-likeness (QED) is 0.234. The average Bonchev–Trinajstić information content (AvgIpc) is 3.70. The molecule has 1 aliphatic rings. The van der Waals surface area contributed by atoms with E-state index in [9.17, 15) is 23.1 Å². The Morgan fingerprint density at radius 3 is 2.44 bits per heavy atom. The molecular formula is C33H47N5O5S2. The lowest BCUT2D eigenvalue weighted by atomic mass is 9.98. The number of aliphatic hydroxyl groups is 1. The number of carbonyl (C=O) groups excluding carboxylic acids is 2. The number of hydrogen-bond donors (Lipinski definition) is 2. The number of rotatable bonds is 15. The van der Waals surface area contributed by atoms with Crippen LogP contribution in [-0.4, -0.2) is 89.4 Å². The lowest BCUT2D eigenvalue weighted by Crippen LogP contribution is -2.60. The van der Waals surface area contributed by atoms with E-state index in [1.807, 2.05) is 62.9 Å². The fourth-order valence-electron chi connectivity index (χ4n) is 5.59. The van der Waals surface area contributed by atoms with Gasteiger partial charge in [0.2, 0.25) is 15.9 Å². The van der Waals surface area contributed by atoms with E-state index in [1.54, 1.807) is 23.7 Å². The van der Waals surface area contributed by atoms with Crippen LogP contribution in [-0.2, 0) is 26.0 Å². The Morgan fingerprint density at radius 1 is 1.07 bits per heavy atom. The van der Waals surface area contributed by atoms with Crippen LogP contribution in [0, 0.1) is 11.8 Å². The molecule has 0 spiro atoms. The molecule has 3 aromatic rings. The van der Waals surface area contributed by atoms with Crippen molar-refractivity contribution >= 4 is 43.4 Å². The first-order valence-corrected chi connectivity index (χ1v) is 18.2. The van der Waals surface area contributed by atoms with Gasteiger partial charge < -0.3 is 5.11 Å². The molecule has 1 fully saturated rings. The molecule has 246 valence electrons. The highest BCUT2D eigenvalue weighted by Gasteiger charge is 2.36. The molecule has 1 aromatic heterocycles. The summed E-state index contributed by atoms with van der Waals surface area (Å²) < 4.78 is 30.2. The third kappa shape index (κ3) is 9.55. The van der Waals surface area contributed by atoms with Crippen molar-refractivity contribution in [2.75, 3.05) is 32.7 Å². The average molecular weight is 658 g/mol. The van der Waals surface area contributed by atoms with E-state index in [4.69, 9.17) is 0 Å². The van der Waals surface area contributed by atoms with Crippen LogP contribution in [0.4, 0.5) is 0 Å². The lowest BCUT2D eigenvalue weighted by molar-refractivity contribution is -0.149. The second-order valence-corrected chi connectivity index (χ2v) is 15.3. The van der Waals surface area contributed by atoms with Crippen LogP contribution >= 0.6 is 11.3 Å². The van der Waals surface area contributed by atoms with Crippen LogP contribution in [0.1, 0.15) is 58.9 Å². The second-order valence-electron chi connectivity index (χ2n) is 12.5. The molecule has 2 amide bonds. The predicted molar refractivity (Wildman–Crippen MR) is 178 cm³/mol. The van der Waals surface area contributed by atoms with Gasteiger partial charge in [-0.15, -0.1) is 11.3 Å². The Bertz CT molecular complexity index is 1510. The van der Waals surface area contributed by atoms with E-state index >= 15 is 0 Å². The summed E-state index contributed by atoms with van der Waals surface area (Å²) in [6.45, 7) is 9.51. The van der Waals surface area contributed by atoms with Crippen molar-refractivity contribution in [1.29, 1.82) is 0 Å². The number of nitrogens with one attached hydrogen (secondary N) is 1. The number of nitrogens with zero attached hydrogens (tertiary/aromatic N) is 4. The number of sulfonamides is 1. The fourth-order valence-corrected chi connectivity index (χ4v) is 8.03. The van der Waals surface area contributed by atoms with Gasteiger partial charge in [-0.1, -0.05) is 64.4 Å². The Morgan fingerprint density at radius 2 is 1.78 bits per heavy atom. The smallest absolute Gasteiger partial charge is 0.252 e. The van der Waals surface area contributed by atoms with Crippen LogP contribution in [0.3, 0.4) is 0 Å². The molecule has 0 saturated carbocycles. The van der Waals surface area contributed by atoms with E-state index in [0.29, 0.717) is 0 Å². The van der Waals surface area contributed by atoms with Gasteiger partial charge in [-0.25, -0.2) is 18.4 Å². The molecule has 12 heteroatoms. The summed E-state index contributed by atoms with van der Waals surface area (Å²) in [4.78, 5) is 33.6. The molecule has 1 unspecified atom stereocenters. The van der Waals surface area contributed by atoms with Gasteiger partial charge in [-0.3, -0.25) is 19.9 Å². The molecule has 0 bridgehead atoms. The number of carbonyl (C=O) groups is 2. The summed E-state index contributed by atoms with van der Waals surface area (Å²) in [5, 5.41) is 13.2. The van der Waals surface area contributed by atoms with Gasteiger partial charge in [0.25, 0.3) is 5.91 Å². The molecule has 2 heterocycles. The number of aromatic nitrogens is 1. The third-order valence-electron chi connectivity index (χ3n) is 8.26. The Hall–Kier alpha value is -2.90. The largest absolute Gasteiger partial charge is 0.390 e. The first-order chi connectivity index (χ1) is 21.5. The summed E-state index contributed by atoms with van der Waals surface area (Å²) in [6, 6.07) is 13.4. The van der Waals surface area contributed by atoms with Gasteiger partial charge in [0.15, 0.2) is 0 Å². The second kappa shape index (κ2) is 16.1. The standard InChI is InChI=1S/C33H47N5O5S2/c1-5-25(4)17-33(41)38(35-32(40)22-36-15-9-10-16-36)29(18-26-11-7-6-8-12-26)30(39)21-37(20-24(2)3)45(42,43)27-13-14-28-31(19-27)44-23-34-28/h6-8,11-14,19,23-25,29-30,39H,5,9-10,15-18,20-22H2,1-4H3,(H,35,40)/t25-,29?,30+/m0/s1. The summed E-state index contributed by atoms with van der Waals surface area (Å²) in [5.74, 6) is -0.614. The minimum Gasteiger partial charge on any atom is -0.390 e. The summed E-state index contributed by atoms with van der Waals surface area (Å²) in [6.07, 6.45) is 1.92. The number of fused-ring (bicyclic) bond motifs is 1. The zero-order chi connectivity index (χ0) is 32.6. The number of hydrazine groups is 1. The Labute approximate surface area is 271 Å². The van der Waals surface area contributed by atoms with Crippen LogP contribution in [0.5, 0.6) is 0 Å². The van der Waals surface area contributed by atoms with Gasteiger partial charge in [-0.05, 0) is 68.0 Å². The summed E-state index contributed by atoms with van der Waals surface area (Å²) in [7, 11) is -4.02. The van der Waals surface area contributed by atoms with Crippen LogP contribution in [0.25, 0.3) is 10.2 Å². The number of amides is 2. The minimum atomic E-state index is -4.02. The van der Waals surface area contributed by atoms with Gasteiger partial charge in [-0.2, -0.15) is 4.31 Å². The predicted octanol–water partition coefficient (Wildman–Crippen LogP) is 4.31. The highest BCUT2D eigenvalue weighted by atomic mass is 32.2. The zero-order valence-corrected chi connectivity index (χ0v) is 28.4. The van der Waals surface area contributed by atoms with Crippen molar-refractivity contribution in [2.24, 2.45) is 11.8 Å². The molecule has 4 rings (SSSR count). The van der Waals surface area contributed by atoms with Crippen LogP contribution in [0.15, 0.2) is 58.9 Å². The fraction of sp³-hybridized carbons (Fsp3) is 0.545. The van der Waals surface area contributed by atoms with Crippen molar-refractivity contribution in [3.05, 3.63) is 59.6 Å². The van der Waals surface area contributed by atoms with E-state index < -0.39 is 22.2 Å². The molecule has 2 aromatic carbocycles. The van der Waals surface area contributed by atoms with E-state index in [1.165, 1.54) is 20.7 Å². The number of benzene rings is 2. The van der Waals surface area contributed by atoms with Crippen LogP contribution < -0.4 is 5.43 Å². The van der Waals surface area contributed by atoms with Crippen molar-refractivity contribution in [3.63, 3.8) is 0 Å². The molecule has 1 saturated heterocycles. The molecule has 0 radical (unpaired) electrons. The SMILES string of the molecule is CC[C@H](C)CC(=O)N(NC(=O)CN1CCCC1)C(Cc1ccccc1)[C@H](O)CN(CC(C)C)S(=O)(=O)c1ccc2ncsc2c1. The van der Waals surface area contributed by atoms with E-state index in [2.05, 4.69) is 10.4 Å². The molecule has 10 nitrogen and oxygen atoms in total. The molecular weight excluding hydrogens is 611 g/mol. The van der Waals surface area contributed by atoms with Crippen molar-refractivity contribution in [1.82, 2.24) is 24.6 Å². The third-order valence-corrected chi connectivity index (χ3v) is 10.9. The van der Waals surface area contributed by atoms with Crippen molar-refractivity contribution < 1.29 is 23.1 Å². The van der Waals surface area contributed by atoms with Gasteiger partial charge in [0.1, 0.15) is 0 Å². The molecule has 2 N–H and O–H groups in total. The Balaban J connectivity index is 1.68. The topological polar surface area (TPSA) is 123 Å². The zero-order valence-electron chi connectivity index (χ0n) is 26.8. The first kappa shape index (κ1) is 35.0. The number of likely N-dealkylation sites (tertiary alicyclic amines) is 1. The van der Waals surface area contributed by atoms with Crippen LogP contribution in [0.2, 0.25) is 0 Å². The van der Waals surface area contributed by atoms with Crippen molar-refractivity contribution in [2.45, 2.75) is 76.8 Å². The molecule has 0 aliphatic carbocycles. The maximum absolute atomic E-state index is 14.1. The minimum absolute atomic E-state index is 0.0324. The monoisotopic (exact) mass is 657 g/mol. The number of aliphatic hydroxyl groups excluding tert-OH is 1. The highest BCUT2D eigenvalue weighted by molar-refractivity contribution is 7.89. The van der Waals surface area contributed by atoms with Gasteiger partial charge >= 0.3 is 0 Å². The lowest BCUT2D eigenvalue weighted by Gasteiger charge is -2.37. The summed E-state index contributed by atoms with van der Waals surface area (Å²) in [5.41, 5.74) is 6.09. The maximum Gasteiger partial charge on any atom is 0.252 e. The van der Waals surface area contributed by atoms with Gasteiger partial charge in [0.05, 0.1) is 39.3 Å². The van der Waals surface area contributed by atoms with E-state index in [0.717, 1.165) is 48.1 Å². The maximum atomic E-state index is 14.1. The molecule has 1 aliphatic heterocycles. The molecule has 45 heavy (non-hydrogen) atoms. The first-order valence-electron chi connectivity index (χ1n) is 15.9. The normalized spacial score (nSPS) is 16.2. The Kier molecular flexibility index (Phi) is 12.5. The molecule has 3 atom stereocenters.